The molecule has 1 N–H and O–H groups in total. The number of nitrogens with one attached hydrogen (secondary N) is 1. The fourth-order valence-electron chi connectivity index (χ4n) is 2.91. The van der Waals surface area contributed by atoms with E-state index in [1.54, 1.807) is 16.8 Å². The molecule has 134 valence electrons. The molecule has 5 heteroatoms. The van der Waals surface area contributed by atoms with Gasteiger partial charge in [0.25, 0.3) is 5.91 Å². The van der Waals surface area contributed by atoms with Gasteiger partial charge < -0.3 is 14.6 Å². The number of benzene rings is 2. The zero-order valence-electron chi connectivity index (χ0n) is 15.2. The summed E-state index contributed by atoms with van der Waals surface area (Å²) in [5.41, 5.74) is 2.41. The number of ether oxygens (including phenoxy) is 1. The first kappa shape index (κ1) is 17.7. The van der Waals surface area contributed by atoms with E-state index in [4.69, 9.17) is 4.74 Å². The number of fused-ring (bicyclic) bond motifs is 1. The molecule has 0 saturated carbocycles. The first-order valence-electron chi connectivity index (χ1n) is 8.70. The summed E-state index contributed by atoms with van der Waals surface area (Å²) in [7, 11) is 1.81. The maximum absolute atomic E-state index is 12.8. The van der Waals surface area contributed by atoms with Crippen LogP contribution < -0.4 is 15.5 Å². The van der Waals surface area contributed by atoms with E-state index in [-0.39, 0.29) is 11.0 Å². The first-order valence-corrected chi connectivity index (χ1v) is 8.70. The van der Waals surface area contributed by atoms with Crippen molar-refractivity contribution in [2.24, 2.45) is 7.05 Å². The van der Waals surface area contributed by atoms with Crippen molar-refractivity contribution in [2.75, 3.05) is 11.9 Å². The Morgan fingerprint density at radius 1 is 1.12 bits per heavy atom. The number of aryl methyl sites for hydroxylation is 2. The van der Waals surface area contributed by atoms with Gasteiger partial charge in [-0.3, -0.25) is 9.59 Å². The minimum Gasteiger partial charge on any atom is -0.494 e. The predicted molar refractivity (Wildman–Crippen MR) is 104 cm³/mol. The molecule has 0 unspecified atom stereocenters. The Hall–Kier alpha value is -3.08. The molecule has 0 atom stereocenters. The predicted octanol–water partition coefficient (Wildman–Crippen LogP) is 3.75. The normalized spacial score (nSPS) is 10.7. The molecule has 0 aliphatic rings. The van der Waals surface area contributed by atoms with Gasteiger partial charge in [-0.05, 0) is 49.2 Å². The average molecular weight is 350 g/mol. The van der Waals surface area contributed by atoms with E-state index in [1.165, 1.54) is 5.56 Å². The zero-order chi connectivity index (χ0) is 18.7. The molecule has 0 fully saturated rings. The van der Waals surface area contributed by atoms with Crippen molar-refractivity contribution >= 4 is 22.5 Å². The van der Waals surface area contributed by atoms with E-state index < -0.39 is 5.91 Å². The molecule has 1 amide bonds. The third-order valence-electron chi connectivity index (χ3n) is 4.34. The summed E-state index contributed by atoms with van der Waals surface area (Å²) in [6, 6.07) is 12.9. The summed E-state index contributed by atoms with van der Waals surface area (Å²) in [4.78, 5) is 25.5. The number of pyridine rings is 1. The molecule has 0 aliphatic heterocycles. The number of rotatable bonds is 5. The topological polar surface area (TPSA) is 60.3 Å². The highest BCUT2D eigenvalue weighted by Gasteiger charge is 2.15. The fourth-order valence-corrected chi connectivity index (χ4v) is 2.91. The van der Waals surface area contributed by atoms with Gasteiger partial charge in [0.15, 0.2) is 0 Å². The smallest absolute Gasteiger partial charge is 0.261 e. The van der Waals surface area contributed by atoms with E-state index >= 15 is 0 Å². The number of hydrogen-bond acceptors (Lipinski definition) is 3. The van der Waals surface area contributed by atoms with Crippen LogP contribution >= 0.6 is 0 Å². The van der Waals surface area contributed by atoms with Gasteiger partial charge in [0.1, 0.15) is 11.3 Å². The summed E-state index contributed by atoms with van der Waals surface area (Å²) >= 11 is 0. The number of hydrogen-bond donors (Lipinski definition) is 1. The van der Waals surface area contributed by atoms with Crippen molar-refractivity contribution < 1.29 is 9.53 Å². The average Bonchev–Trinajstić information content (AvgIpc) is 2.65. The van der Waals surface area contributed by atoms with Gasteiger partial charge in [0.05, 0.1) is 17.5 Å². The molecule has 1 heterocycles. The van der Waals surface area contributed by atoms with Gasteiger partial charge >= 0.3 is 0 Å². The van der Waals surface area contributed by atoms with Crippen LogP contribution in [0.25, 0.3) is 10.9 Å². The second kappa shape index (κ2) is 7.44. The van der Waals surface area contributed by atoms with Crippen molar-refractivity contribution in [3.05, 3.63) is 70.0 Å². The van der Waals surface area contributed by atoms with Crippen LogP contribution in [0, 0.1) is 0 Å². The lowest BCUT2D eigenvalue weighted by Crippen LogP contribution is -2.23. The van der Waals surface area contributed by atoms with Gasteiger partial charge in [-0.2, -0.15) is 0 Å². The molecule has 3 aromatic rings. The quantitative estimate of drug-likeness (QED) is 0.762. The Balaban J connectivity index is 1.99. The molecule has 2 aromatic carbocycles. The molecule has 0 bridgehead atoms. The van der Waals surface area contributed by atoms with Gasteiger partial charge in [-0.15, -0.1) is 0 Å². The lowest BCUT2D eigenvalue weighted by Gasteiger charge is -2.11. The Bertz CT molecular complexity index is 1000. The number of carbonyl (C=O) groups is 1. The molecule has 1 aromatic heterocycles. The van der Waals surface area contributed by atoms with Crippen molar-refractivity contribution in [2.45, 2.75) is 20.3 Å². The lowest BCUT2D eigenvalue weighted by atomic mass is 10.1. The summed E-state index contributed by atoms with van der Waals surface area (Å²) in [5.74, 6) is 0.198. The number of anilines is 1. The van der Waals surface area contributed by atoms with Crippen molar-refractivity contribution in [3.8, 4) is 5.75 Å². The van der Waals surface area contributed by atoms with Crippen LogP contribution in [0.15, 0.2) is 53.5 Å². The molecular formula is C21H22N2O3. The third-order valence-corrected chi connectivity index (χ3v) is 4.34. The van der Waals surface area contributed by atoms with Gasteiger partial charge in [0, 0.05) is 18.9 Å². The molecule has 0 aliphatic carbocycles. The molecule has 0 spiro atoms. The summed E-state index contributed by atoms with van der Waals surface area (Å²) in [5, 5.41) is 3.26. The molecular weight excluding hydrogens is 328 g/mol. The molecule has 5 nitrogen and oxygen atoms in total. The largest absolute Gasteiger partial charge is 0.494 e. The fraction of sp³-hybridized carbons (Fsp3) is 0.238. The van der Waals surface area contributed by atoms with Crippen LogP contribution in [0.3, 0.4) is 0 Å². The number of aromatic nitrogens is 1. The molecule has 3 rings (SSSR count). The van der Waals surface area contributed by atoms with Crippen LogP contribution in [-0.2, 0) is 13.5 Å². The first-order chi connectivity index (χ1) is 12.5. The highest BCUT2D eigenvalue weighted by molar-refractivity contribution is 6.05. The number of nitrogens with zero attached hydrogens (tertiary/aromatic N) is 1. The van der Waals surface area contributed by atoms with E-state index in [9.17, 15) is 9.59 Å². The van der Waals surface area contributed by atoms with Crippen LogP contribution in [-0.4, -0.2) is 17.1 Å². The van der Waals surface area contributed by atoms with Crippen LogP contribution in [0.4, 0.5) is 5.69 Å². The van der Waals surface area contributed by atoms with Crippen LogP contribution in [0.2, 0.25) is 0 Å². The van der Waals surface area contributed by atoms with Crippen molar-refractivity contribution in [3.63, 3.8) is 0 Å². The van der Waals surface area contributed by atoms with Crippen LogP contribution in [0.1, 0.15) is 29.8 Å². The van der Waals surface area contributed by atoms with E-state index in [0.717, 1.165) is 11.9 Å². The van der Waals surface area contributed by atoms with Gasteiger partial charge in [-0.1, -0.05) is 19.1 Å². The van der Waals surface area contributed by atoms with Crippen molar-refractivity contribution in [1.29, 1.82) is 0 Å². The maximum Gasteiger partial charge on any atom is 0.261 e. The Morgan fingerprint density at radius 3 is 2.50 bits per heavy atom. The van der Waals surface area contributed by atoms with E-state index in [2.05, 4.69) is 12.2 Å². The second-order valence-electron chi connectivity index (χ2n) is 6.10. The lowest BCUT2D eigenvalue weighted by molar-refractivity contribution is 0.102. The summed E-state index contributed by atoms with van der Waals surface area (Å²) in [6.45, 7) is 4.47. The molecule has 0 radical (unpaired) electrons. The minimum absolute atomic E-state index is 0.105. The SMILES string of the molecule is CCOc1ccc2c(c1)c(=O)c(C(=O)Nc1ccc(CC)cc1)cn2C. The maximum atomic E-state index is 12.8. The summed E-state index contributed by atoms with van der Waals surface area (Å²) in [6.07, 6.45) is 2.50. The monoisotopic (exact) mass is 350 g/mol. The van der Waals surface area contributed by atoms with Gasteiger partial charge in [-0.25, -0.2) is 0 Å². The van der Waals surface area contributed by atoms with Crippen LogP contribution in [0.5, 0.6) is 5.75 Å². The van der Waals surface area contributed by atoms with E-state index in [1.807, 2.05) is 50.4 Å². The number of carbonyl (C=O) groups excluding carboxylic acids is 1. The second-order valence-corrected chi connectivity index (χ2v) is 6.10. The number of amides is 1. The minimum atomic E-state index is -0.418. The third kappa shape index (κ3) is 3.47. The van der Waals surface area contributed by atoms with Crippen molar-refractivity contribution in [1.82, 2.24) is 4.57 Å². The summed E-state index contributed by atoms with van der Waals surface area (Å²) < 4.78 is 7.26. The highest BCUT2D eigenvalue weighted by Crippen LogP contribution is 2.19. The standard InChI is InChI=1S/C21H22N2O3/c1-4-14-6-8-15(9-7-14)22-21(25)18-13-23(3)19-11-10-16(26-5-2)12-17(19)20(18)24/h6-13H,4-5H2,1-3H3,(H,22,25). The van der Waals surface area contributed by atoms with Gasteiger partial charge in [0.2, 0.25) is 5.43 Å². The van der Waals surface area contributed by atoms with E-state index in [0.29, 0.717) is 23.4 Å². The molecule has 26 heavy (non-hydrogen) atoms. The Labute approximate surface area is 152 Å². The molecule has 0 saturated heterocycles. The Kier molecular flexibility index (Phi) is 5.07. The Morgan fingerprint density at radius 2 is 1.85 bits per heavy atom. The highest BCUT2D eigenvalue weighted by atomic mass is 16.5. The zero-order valence-corrected chi connectivity index (χ0v) is 15.2.